The summed E-state index contributed by atoms with van der Waals surface area (Å²) in [5.41, 5.74) is 1.12. The Kier molecular flexibility index (Phi) is 6.47. The third-order valence-electron chi connectivity index (χ3n) is 3.79. The number of nitrogens with zero attached hydrogens (tertiary/aromatic N) is 1. The minimum atomic E-state index is -0.401. The van der Waals surface area contributed by atoms with Gasteiger partial charge in [-0.05, 0) is 19.4 Å². The lowest BCUT2D eigenvalue weighted by atomic mass is 10.0. The molecule has 1 saturated heterocycles. The Labute approximate surface area is 141 Å². The van der Waals surface area contributed by atoms with Crippen LogP contribution >= 0.6 is 11.8 Å². The summed E-state index contributed by atoms with van der Waals surface area (Å²) < 4.78 is 4.94. The van der Waals surface area contributed by atoms with Gasteiger partial charge in [0.2, 0.25) is 5.91 Å². The number of carbonyl (C=O) groups is 2. The van der Waals surface area contributed by atoms with Gasteiger partial charge in [-0.25, -0.2) is 0 Å². The van der Waals surface area contributed by atoms with Crippen molar-refractivity contribution in [3.63, 3.8) is 0 Å². The van der Waals surface area contributed by atoms with E-state index < -0.39 is 6.04 Å². The molecule has 1 fully saturated rings. The van der Waals surface area contributed by atoms with E-state index in [2.05, 4.69) is 5.32 Å². The predicted octanol–water partition coefficient (Wildman–Crippen LogP) is 1.84. The zero-order valence-corrected chi connectivity index (χ0v) is 14.6. The lowest BCUT2D eigenvalue weighted by Crippen LogP contribution is -2.53. The van der Waals surface area contributed by atoms with E-state index in [1.807, 2.05) is 49.1 Å². The van der Waals surface area contributed by atoms with Crippen molar-refractivity contribution in [1.29, 1.82) is 0 Å². The maximum atomic E-state index is 12.2. The first-order valence-corrected chi connectivity index (χ1v) is 8.94. The molecule has 1 N–H and O–H groups in total. The van der Waals surface area contributed by atoms with Crippen LogP contribution in [0.3, 0.4) is 0 Å². The molecular formula is C17H24N2O3S. The lowest BCUT2D eigenvalue weighted by molar-refractivity contribution is -0.147. The summed E-state index contributed by atoms with van der Waals surface area (Å²) in [6.07, 6.45) is 0. The quantitative estimate of drug-likeness (QED) is 0.832. The molecule has 23 heavy (non-hydrogen) atoms. The predicted molar refractivity (Wildman–Crippen MR) is 92.3 cm³/mol. The van der Waals surface area contributed by atoms with Crippen molar-refractivity contribution in [2.24, 2.45) is 0 Å². The molecule has 1 amide bonds. The number of thioether (sulfide) groups is 1. The molecule has 1 aromatic rings. The van der Waals surface area contributed by atoms with Crippen molar-refractivity contribution in [3.05, 3.63) is 35.9 Å². The van der Waals surface area contributed by atoms with Gasteiger partial charge in [0.25, 0.3) is 0 Å². The van der Waals surface area contributed by atoms with Crippen LogP contribution in [0.25, 0.3) is 0 Å². The van der Waals surface area contributed by atoms with E-state index in [-0.39, 0.29) is 30.5 Å². The van der Waals surface area contributed by atoms with Gasteiger partial charge in [0.1, 0.15) is 6.04 Å². The van der Waals surface area contributed by atoms with Crippen molar-refractivity contribution in [2.45, 2.75) is 32.0 Å². The smallest absolute Gasteiger partial charge is 0.323 e. The summed E-state index contributed by atoms with van der Waals surface area (Å²) in [6.45, 7) is 4.05. The van der Waals surface area contributed by atoms with E-state index in [1.165, 1.54) is 7.11 Å². The number of methoxy groups -OCH3 is 1. The molecule has 1 aliphatic rings. The van der Waals surface area contributed by atoms with Crippen molar-refractivity contribution in [1.82, 2.24) is 10.2 Å². The summed E-state index contributed by atoms with van der Waals surface area (Å²) in [6, 6.07) is 9.71. The fourth-order valence-electron chi connectivity index (χ4n) is 2.76. The van der Waals surface area contributed by atoms with Crippen LogP contribution in [0, 0.1) is 0 Å². The maximum absolute atomic E-state index is 12.2. The number of ether oxygens (including phenoxy) is 1. The van der Waals surface area contributed by atoms with E-state index >= 15 is 0 Å². The zero-order chi connectivity index (χ0) is 16.8. The number of amides is 1. The van der Waals surface area contributed by atoms with Crippen LogP contribution in [-0.2, 0) is 14.3 Å². The standard InChI is InChI=1S/C17H24N2O3S/c1-12(2)18-16(20)9-19-14(13-7-5-4-6-8-13)10-23-11-15(19)17(21)22-3/h4-8,12,14-15H,9-11H2,1-3H3,(H,18,20)/t14-,15+/m0/s1. The Morgan fingerprint density at radius 3 is 2.61 bits per heavy atom. The van der Waals surface area contributed by atoms with Crippen molar-refractivity contribution in [3.8, 4) is 0 Å². The molecule has 1 aliphatic heterocycles. The molecule has 0 aromatic heterocycles. The highest BCUT2D eigenvalue weighted by molar-refractivity contribution is 7.99. The Hall–Kier alpha value is -1.53. The Bertz CT molecular complexity index is 536. The van der Waals surface area contributed by atoms with Gasteiger partial charge in [-0.15, -0.1) is 0 Å². The van der Waals surface area contributed by atoms with Crippen molar-refractivity contribution in [2.75, 3.05) is 25.2 Å². The van der Waals surface area contributed by atoms with Gasteiger partial charge >= 0.3 is 5.97 Å². The highest BCUT2D eigenvalue weighted by atomic mass is 32.2. The van der Waals surface area contributed by atoms with E-state index in [1.54, 1.807) is 11.8 Å². The van der Waals surface area contributed by atoms with E-state index in [0.717, 1.165) is 11.3 Å². The molecule has 2 atom stereocenters. The highest BCUT2D eigenvalue weighted by Gasteiger charge is 2.37. The molecule has 126 valence electrons. The molecule has 0 aliphatic carbocycles. The van der Waals surface area contributed by atoms with Gasteiger partial charge in [-0.1, -0.05) is 30.3 Å². The molecule has 0 unspecified atom stereocenters. The maximum Gasteiger partial charge on any atom is 0.323 e. The zero-order valence-electron chi connectivity index (χ0n) is 13.8. The van der Waals surface area contributed by atoms with Crippen LogP contribution in [0.1, 0.15) is 25.5 Å². The van der Waals surface area contributed by atoms with E-state index in [0.29, 0.717) is 5.75 Å². The monoisotopic (exact) mass is 336 g/mol. The van der Waals surface area contributed by atoms with Crippen LogP contribution in [0.4, 0.5) is 0 Å². The largest absolute Gasteiger partial charge is 0.468 e. The number of hydrogen-bond donors (Lipinski definition) is 1. The molecule has 0 saturated carbocycles. The Morgan fingerprint density at radius 2 is 2.00 bits per heavy atom. The minimum Gasteiger partial charge on any atom is -0.468 e. The number of esters is 1. The van der Waals surface area contributed by atoms with Crippen LogP contribution in [0.5, 0.6) is 0 Å². The summed E-state index contributed by atoms with van der Waals surface area (Å²) in [7, 11) is 1.39. The number of benzene rings is 1. The third-order valence-corrected chi connectivity index (χ3v) is 4.89. The fourth-order valence-corrected chi connectivity index (χ4v) is 4.05. The second-order valence-corrected chi connectivity index (χ2v) is 6.97. The van der Waals surface area contributed by atoms with E-state index in [9.17, 15) is 9.59 Å². The number of nitrogens with one attached hydrogen (secondary N) is 1. The molecular weight excluding hydrogens is 312 g/mol. The molecule has 0 spiro atoms. The molecule has 1 aromatic carbocycles. The van der Waals surface area contributed by atoms with Crippen LogP contribution < -0.4 is 5.32 Å². The van der Waals surface area contributed by atoms with Gasteiger partial charge in [0, 0.05) is 23.6 Å². The number of hydrogen-bond acceptors (Lipinski definition) is 5. The molecule has 0 bridgehead atoms. The summed E-state index contributed by atoms with van der Waals surface area (Å²) in [5.74, 6) is 1.15. The van der Waals surface area contributed by atoms with Gasteiger partial charge in [0.05, 0.1) is 13.7 Å². The van der Waals surface area contributed by atoms with Gasteiger partial charge in [0.15, 0.2) is 0 Å². The number of rotatable bonds is 5. The van der Waals surface area contributed by atoms with Gasteiger partial charge in [-0.3, -0.25) is 14.5 Å². The first-order chi connectivity index (χ1) is 11.0. The fraction of sp³-hybridized carbons (Fsp3) is 0.529. The molecule has 5 nitrogen and oxygen atoms in total. The van der Waals surface area contributed by atoms with Crippen molar-refractivity contribution < 1.29 is 14.3 Å². The summed E-state index contributed by atoms with van der Waals surface area (Å²) in [4.78, 5) is 26.4. The van der Waals surface area contributed by atoms with Crippen LogP contribution in [-0.4, -0.2) is 54.0 Å². The van der Waals surface area contributed by atoms with Crippen LogP contribution in [0.15, 0.2) is 30.3 Å². The third kappa shape index (κ3) is 4.72. The summed E-state index contributed by atoms with van der Waals surface area (Å²) >= 11 is 1.72. The Balaban J connectivity index is 2.24. The summed E-state index contributed by atoms with van der Waals surface area (Å²) in [5, 5.41) is 2.90. The van der Waals surface area contributed by atoms with Gasteiger partial charge < -0.3 is 10.1 Å². The lowest BCUT2D eigenvalue weighted by Gasteiger charge is -2.40. The first-order valence-electron chi connectivity index (χ1n) is 7.78. The van der Waals surface area contributed by atoms with Crippen LogP contribution in [0.2, 0.25) is 0 Å². The first kappa shape index (κ1) is 17.8. The average Bonchev–Trinajstić information content (AvgIpc) is 2.54. The topological polar surface area (TPSA) is 58.6 Å². The molecule has 1 heterocycles. The Morgan fingerprint density at radius 1 is 1.30 bits per heavy atom. The molecule has 0 radical (unpaired) electrons. The highest BCUT2D eigenvalue weighted by Crippen LogP contribution is 2.33. The van der Waals surface area contributed by atoms with Crippen molar-refractivity contribution >= 4 is 23.6 Å². The second-order valence-electron chi connectivity index (χ2n) is 5.90. The molecule has 2 rings (SSSR count). The minimum absolute atomic E-state index is 0.0250. The SMILES string of the molecule is COC(=O)[C@H]1CSC[C@@H](c2ccccc2)N1CC(=O)NC(C)C. The van der Waals surface area contributed by atoms with Gasteiger partial charge in [-0.2, -0.15) is 11.8 Å². The number of carbonyl (C=O) groups excluding carboxylic acids is 2. The van der Waals surface area contributed by atoms with E-state index in [4.69, 9.17) is 4.74 Å². The molecule has 6 heteroatoms. The normalized spacial score (nSPS) is 21.9. The second kappa shape index (κ2) is 8.36. The average molecular weight is 336 g/mol.